The lowest BCUT2D eigenvalue weighted by Gasteiger charge is -2.14. The number of nitrogens with one attached hydrogen (secondary N) is 1. The summed E-state index contributed by atoms with van der Waals surface area (Å²) in [6.07, 6.45) is 5.07. The van der Waals surface area contributed by atoms with E-state index in [2.05, 4.69) is 11.4 Å². The van der Waals surface area contributed by atoms with Crippen molar-refractivity contribution in [3.8, 4) is 0 Å². The van der Waals surface area contributed by atoms with E-state index in [4.69, 9.17) is 28.3 Å². The Balaban J connectivity index is 1.93. The summed E-state index contributed by atoms with van der Waals surface area (Å²) in [5.74, 6) is 0.272. The molecule has 2 N–H and O–H groups in total. The first-order valence-electron chi connectivity index (χ1n) is 5.66. The van der Waals surface area contributed by atoms with Crippen LogP contribution in [0, 0.1) is 5.92 Å². The zero-order valence-electron chi connectivity index (χ0n) is 9.37. The van der Waals surface area contributed by atoms with Gasteiger partial charge in [-0.3, -0.25) is 0 Å². The molecule has 0 heterocycles. The van der Waals surface area contributed by atoms with Gasteiger partial charge in [0.2, 0.25) is 0 Å². The van der Waals surface area contributed by atoms with Crippen LogP contribution in [-0.4, -0.2) is 17.8 Å². The Bertz CT molecular complexity index is 400. The largest absolute Gasteiger partial charge is 0.396 e. The molecule has 2 atom stereocenters. The summed E-state index contributed by atoms with van der Waals surface area (Å²) in [6, 6.07) is 5.81. The van der Waals surface area contributed by atoms with Gasteiger partial charge in [-0.05, 0) is 18.6 Å². The molecule has 1 aromatic rings. The van der Waals surface area contributed by atoms with Crippen LogP contribution in [0.2, 0.25) is 10.0 Å². The highest BCUT2D eigenvalue weighted by molar-refractivity contribution is 6.35. The summed E-state index contributed by atoms with van der Waals surface area (Å²) in [5, 5.41) is 13.8. The van der Waals surface area contributed by atoms with Gasteiger partial charge < -0.3 is 10.4 Å². The Morgan fingerprint density at radius 2 is 1.94 bits per heavy atom. The SMILES string of the molecule is OC[C@H]1C=C[C@@H](NCc2c(Cl)cccc2Cl)C1. The molecular formula is C13H15Cl2NO. The van der Waals surface area contributed by atoms with E-state index in [1.54, 1.807) is 0 Å². The van der Waals surface area contributed by atoms with Crippen LogP contribution in [0.3, 0.4) is 0 Å². The van der Waals surface area contributed by atoms with Gasteiger partial charge in [-0.2, -0.15) is 0 Å². The molecule has 2 nitrogen and oxygen atoms in total. The van der Waals surface area contributed by atoms with E-state index in [-0.39, 0.29) is 12.5 Å². The molecule has 0 bridgehead atoms. The number of halogens is 2. The van der Waals surface area contributed by atoms with Crippen molar-refractivity contribution in [3.63, 3.8) is 0 Å². The van der Waals surface area contributed by atoms with Crippen LogP contribution >= 0.6 is 23.2 Å². The molecule has 17 heavy (non-hydrogen) atoms. The van der Waals surface area contributed by atoms with E-state index in [1.807, 2.05) is 24.3 Å². The molecule has 92 valence electrons. The standard InChI is InChI=1S/C13H15Cl2NO/c14-12-2-1-3-13(15)11(12)7-16-10-5-4-9(6-10)8-17/h1-5,9-10,16-17H,6-8H2/t9-,10+/m0/s1. The normalized spacial score (nSPS) is 23.2. The van der Waals surface area contributed by atoms with E-state index < -0.39 is 0 Å². The maximum Gasteiger partial charge on any atom is 0.0494 e. The minimum Gasteiger partial charge on any atom is -0.396 e. The maximum absolute atomic E-state index is 9.04. The Morgan fingerprint density at radius 3 is 2.53 bits per heavy atom. The van der Waals surface area contributed by atoms with Gasteiger partial charge in [0.25, 0.3) is 0 Å². The molecule has 1 aliphatic rings. The highest BCUT2D eigenvalue weighted by Gasteiger charge is 2.18. The van der Waals surface area contributed by atoms with Gasteiger partial charge in [0.15, 0.2) is 0 Å². The monoisotopic (exact) mass is 271 g/mol. The van der Waals surface area contributed by atoms with E-state index in [9.17, 15) is 0 Å². The zero-order valence-corrected chi connectivity index (χ0v) is 10.9. The molecule has 0 radical (unpaired) electrons. The first-order valence-corrected chi connectivity index (χ1v) is 6.41. The molecule has 1 aromatic carbocycles. The number of benzene rings is 1. The molecule has 0 amide bonds. The highest BCUT2D eigenvalue weighted by atomic mass is 35.5. The smallest absolute Gasteiger partial charge is 0.0494 e. The lowest BCUT2D eigenvalue weighted by Crippen LogP contribution is -2.26. The molecule has 0 unspecified atom stereocenters. The van der Waals surface area contributed by atoms with Crippen LogP contribution in [0.25, 0.3) is 0 Å². The van der Waals surface area contributed by atoms with Crippen molar-refractivity contribution in [2.75, 3.05) is 6.61 Å². The van der Waals surface area contributed by atoms with E-state index in [0.29, 0.717) is 22.6 Å². The minimum atomic E-state index is 0.210. The Hall–Kier alpha value is -0.540. The second kappa shape index (κ2) is 5.87. The fraction of sp³-hybridized carbons (Fsp3) is 0.385. The van der Waals surface area contributed by atoms with Crippen molar-refractivity contribution in [1.29, 1.82) is 0 Å². The van der Waals surface area contributed by atoms with E-state index in [1.165, 1.54) is 0 Å². The van der Waals surface area contributed by atoms with Crippen molar-refractivity contribution in [1.82, 2.24) is 5.32 Å². The molecule has 1 aliphatic carbocycles. The van der Waals surface area contributed by atoms with Gasteiger partial charge >= 0.3 is 0 Å². The number of aliphatic hydroxyl groups is 1. The average molecular weight is 272 g/mol. The second-order valence-electron chi connectivity index (χ2n) is 4.25. The predicted octanol–water partition coefficient (Wildman–Crippen LogP) is 3.02. The van der Waals surface area contributed by atoms with Crippen LogP contribution in [0.15, 0.2) is 30.4 Å². The third kappa shape index (κ3) is 3.23. The second-order valence-corrected chi connectivity index (χ2v) is 5.07. The van der Waals surface area contributed by atoms with Gasteiger partial charge in [-0.1, -0.05) is 41.4 Å². The van der Waals surface area contributed by atoms with Gasteiger partial charge in [-0.15, -0.1) is 0 Å². The average Bonchev–Trinajstić information content (AvgIpc) is 2.76. The van der Waals surface area contributed by atoms with Crippen LogP contribution in [0.5, 0.6) is 0 Å². The van der Waals surface area contributed by atoms with Crippen LogP contribution in [0.4, 0.5) is 0 Å². The van der Waals surface area contributed by atoms with E-state index >= 15 is 0 Å². The zero-order chi connectivity index (χ0) is 12.3. The maximum atomic E-state index is 9.04. The first-order chi connectivity index (χ1) is 8.20. The molecule has 0 aromatic heterocycles. The Kier molecular flexibility index (Phi) is 4.46. The molecular weight excluding hydrogens is 257 g/mol. The number of hydrogen-bond donors (Lipinski definition) is 2. The summed E-state index contributed by atoms with van der Waals surface area (Å²) in [7, 11) is 0. The summed E-state index contributed by atoms with van der Waals surface area (Å²) in [6.45, 7) is 0.854. The van der Waals surface area contributed by atoms with Crippen molar-refractivity contribution in [2.24, 2.45) is 5.92 Å². The minimum absolute atomic E-state index is 0.210. The van der Waals surface area contributed by atoms with Crippen LogP contribution in [-0.2, 0) is 6.54 Å². The number of hydrogen-bond acceptors (Lipinski definition) is 2. The lowest BCUT2D eigenvalue weighted by molar-refractivity contribution is 0.246. The summed E-state index contributed by atoms with van der Waals surface area (Å²) >= 11 is 12.2. The molecule has 0 fully saturated rings. The summed E-state index contributed by atoms with van der Waals surface area (Å²) in [5.41, 5.74) is 0.927. The first kappa shape index (κ1) is 12.9. The van der Waals surface area contributed by atoms with Crippen molar-refractivity contribution < 1.29 is 5.11 Å². The van der Waals surface area contributed by atoms with Gasteiger partial charge in [0.1, 0.15) is 0 Å². The van der Waals surface area contributed by atoms with E-state index in [0.717, 1.165) is 12.0 Å². The lowest BCUT2D eigenvalue weighted by atomic mass is 10.1. The third-order valence-electron chi connectivity index (χ3n) is 3.01. The van der Waals surface area contributed by atoms with Crippen LogP contribution in [0.1, 0.15) is 12.0 Å². The molecule has 0 saturated heterocycles. The topological polar surface area (TPSA) is 32.3 Å². The van der Waals surface area contributed by atoms with Crippen molar-refractivity contribution >= 4 is 23.2 Å². The molecule has 2 rings (SSSR count). The molecule has 0 spiro atoms. The molecule has 4 heteroatoms. The van der Waals surface area contributed by atoms with Crippen molar-refractivity contribution in [3.05, 3.63) is 46.0 Å². The van der Waals surface area contributed by atoms with Gasteiger partial charge in [-0.25, -0.2) is 0 Å². The number of rotatable bonds is 4. The summed E-state index contributed by atoms with van der Waals surface area (Å²) in [4.78, 5) is 0. The fourth-order valence-corrected chi connectivity index (χ4v) is 2.53. The van der Waals surface area contributed by atoms with Gasteiger partial charge in [0.05, 0.1) is 0 Å². The molecule has 0 aliphatic heterocycles. The fourth-order valence-electron chi connectivity index (χ4n) is 2.00. The summed E-state index contributed by atoms with van der Waals surface area (Å²) < 4.78 is 0. The predicted molar refractivity (Wildman–Crippen MR) is 71.4 cm³/mol. The number of aliphatic hydroxyl groups excluding tert-OH is 1. The van der Waals surface area contributed by atoms with Crippen molar-refractivity contribution in [2.45, 2.75) is 19.0 Å². The molecule has 0 saturated carbocycles. The highest BCUT2D eigenvalue weighted by Crippen LogP contribution is 2.25. The third-order valence-corrected chi connectivity index (χ3v) is 3.72. The quantitative estimate of drug-likeness (QED) is 0.826. The Morgan fingerprint density at radius 1 is 1.24 bits per heavy atom. The van der Waals surface area contributed by atoms with Crippen LogP contribution < -0.4 is 5.32 Å². The Labute approximate surface area is 111 Å². The van der Waals surface area contributed by atoms with Gasteiger partial charge in [0, 0.05) is 40.7 Å².